The van der Waals surface area contributed by atoms with E-state index in [4.69, 9.17) is 19.2 Å². The smallest absolute Gasteiger partial charge is 0.194 e. The molecule has 1 aromatic rings. The summed E-state index contributed by atoms with van der Waals surface area (Å²) >= 11 is 0. The van der Waals surface area contributed by atoms with Gasteiger partial charge in [0.15, 0.2) is 5.96 Å². The first kappa shape index (κ1) is 21.6. The first-order valence-corrected chi connectivity index (χ1v) is 11.3. The van der Waals surface area contributed by atoms with Crippen LogP contribution in [0.1, 0.15) is 25.3 Å². The van der Waals surface area contributed by atoms with Gasteiger partial charge in [-0.15, -0.1) is 0 Å². The molecule has 7 nitrogen and oxygen atoms in total. The molecule has 3 fully saturated rings. The van der Waals surface area contributed by atoms with Gasteiger partial charge in [0.05, 0.1) is 30.9 Å². The van der Waals surface area contributed by atoms with Crippen molar-refractivity contribution in [3.05, 3.63) is 35.9 Å². The molecule has 3 aliphatic rings. The van der Waals surface area contributed by atoms with E-state index in [1.165, 1.54) is 5.56 Å². The number of likely N-dealkylation sites (tertiary alicyclic amines) is 1. The van der Waals surface area contributed by atoms with Crippen molar-refractivity contribution in [2.75, 3.05) is 59.7 Å². The number of hydrogen-bond donors (Lipinski definition) is 1. The number of rotatable bonds is 6. The molecule has 3 saturated heterocycles. The minimum Gasteiger partial charge on any atom is -0.381 e. The number of morpholine rings is 1. The topological polar surface area (TPSA) is 58.6 Å². The quantitative estimate of drug-likeness (QED) is 0.563. The first-order chi connectivity index (χ1) is 14.7. The fourth-order valence-corrected chi connectivity index (χ4v) is 4.76. The SMILES string of the molecule is CCNC(=NCC1(OC)CCOCC1)N1CC2OCCN(Cc3ccccc3)C2C1. The molecule has 7 heteroatoms. The lowest BCUT2D eigenvalue weighted by Gasteiger charge is -2.36. The number of fused-ring (bicyclic) bond motifs is 1. The molecule has 2 atom stereocenters. The third kappa shape index (κ3) is 4.97. The van der Waals surface area contributed by atoms with Gasteiger partial charge in [0, 0.05) is 65.9 Å². The molecule has 3 aliphatic heterocycles. The first-order valence-electron chi connectivity index (χ1n) is 11.3. The van der Waals surface area contributed by atoms with Crippen LogP contribution < -0.4 is 5.32 Å². The van der Waals surface area contributed by atoms with Crippen molar-refractivity contribution in [2.24, 2.45) is 4.99 Å². The Bertz CT molecular complexity index is 693. The third-order valence-electron chi connectivity index (χ3n) is 6.63. The van der Waals surface area contributed by atoms with Crippen molar-refractivity contribution in [2.45, 2.75) is 44.1 Å². The summed E-state index contributed by atoms with van der Waals surface area (Å²) in [6.07, 6.45) is 2.02. The summed E-state index contributed by atoms with van der Waals surface area (Å²) in [6.45, 7) is 9.69. The lowest BCUT2D eigenvalue weighted by molar-refractivity contribution is -0.0829. The Morgan fingerprint density at radius 1 is 1.20 bits per heavy atom. The van der Waals surface area contributed by atoms with E-state index in [2.05, 4.69) is 52.4 Å². The highest BCUT2D eigenvalue weighted by Crippen LogP contribution is 2.27. The predicted molar refractivity (Wildman–Crippen MR) is 118 cm³/mol. The second-order valence-corrected chi connectivity index (χ2v) is 8.51. The molecule has 0 aromatic heterocycles. The van der Waals surface area contributed by atoms with E-state index in [1.807, 2.05) is 0 Å². The average Bonchev–Trinajstić information content (AvgIpc) is 3.23. The highest BCUT2D eigenvalue weighted by Gasteiger charge is 2.41. The largest absolute Gasteiger partial charge is 0.381 e. The molecule has 0 saturated carbocycles. The fraction of sp³-hybridized carbons (Fsp3) is 0.696. The Morgan fingerprint density at radius 2 is 2.00 bits per heavy atom. The second-order valence-electron chi connectivity index (χ2n) is 8.51. The minimum absolute atomic E-state index is 0.207. The van der Waals surface area contributed by atoms with Crippen LogP contribution in [0, 0.1) is 0 Å². The fourth-order valence-electron chi connectivity index (χ4n) is 4.76. The van der Waals surface area contributed by atoms with Crippen LogP contribution in [0.3, 0.4) is 0 Å². The van der Waals surface area contributed by atoms with E-state index in [0.29, 0.717) is 12.6 Å². The van der Waals surface area contributed by atoms with Gasteiger partial charge in [0.25, 0.3) is 0 Å². The summed E-state index contributed by atoms with van der Waals surface area (Å²) in [5, 5.41) is 3.49. The summed E-state index contributed by atoms with van der Waals surface area (Å²) in [7, 11) is 1.80. The lowest BCUT2D eigenvalue weighted by Crippen LogP contribution is -2.50. The Kier molecular flexibility index (Phi) is 7.25. The Balaban J connectivity index is 1.44. The zero-order chi connectivity index (χ0) is 20.8. The molecule has 0 bridgehead atoms. The van der Waals surface area contributed by atoms with Crippen LogP contribution in [0.2, 0.25) is 0 Å². The van der Waals surface area contributed by atoms with Crippen LogP contribution in [0.4, 0.5) is 0 Å². The predicted octanol–water partition coefficient (Wildman–Crippen LogP) is 1.73. The lowest BCUT2D eigenvalue weighted by atomic mass is 9.94. The normalized spacial score (nSPS) is 27.1. The molecule has 4 rings (SSSR count). The van der Waals surface area contributed by atoms with Crippen molar-refractivity contribution >= 4 is 5.96 Å². The molecule has 0 radical (unpaired) electrons. The van der Waals surface area contributed by atoms with Crippen molar-refractivity contribution in [1.82, 2.24) is 15.1 Å². The molecule has 0 spiro atoms. The maximum atomic E-state index is 6.16. The number of nitrogens with zero attached hydrogens (tertiary/aromatic N) is 3. The summed E-state index contributed by atoms with van der Waals surface area (Å²) in [5.41, 5.74) is 1.15. The van der Waals surface area contributed by atoms with Gasteiger partial charge in [-0.1, -0.05) is 30.3 Å². The summed E-state index contributed by atoms with van der Waals surface area (Å²) in [6, 6.07) is 11.1. The van der Waals surface area contributed by atoms with Crippen LogP contribution >= 0.6 is 0 Å². The molecule has 2 unspecified atom stereocenters. The molecule has 3 heterocycles. The van der Waals surface area contributed by atoms with Crippen LogP contribution in [-0.2, 0) is 20.8 Å². The molecule has 30 heavy (non-hydrogen) atoms. The molecule has 0 aliphatic carbocycles. The highest BCUT2D eigenvalue weighted by atomic mass is 16.5. The number of guanidine groups is 1. The average molecular weight is 417 g/mol. The maximum absolute atomic E-state index is 6.16. The van der Waals surface area contributed by atoms with Crippen LogP contribution in [0.5, 0.6) is 0 Å². The van der Waals surface area contributed by atoms with Gasteiger partial charge in [-0.25, -0.2) is 0 Å². The Morgan fingerprint density at radius 3 is 2.73 bits per heavy atom. The minimum atomic E-state index is -0.207. The van der Waals surface area contributed by atoms with Gasteiger partial charge in [-0.2, -0.15) is 0 Å². The number of benzene rings is 1. The van der Waals surface area contributed by atoms with Gasteiger partial charge in [0.1, 0.15) is 0 Å². The van der Waals surface area contributed by atoms with Crippen LogP contribution in [-0.4, -0.2) is 93.2 Å². The van der Waals surface area contributed by atoms with Crippen molar-refractivity contribution in [1.29, 1.82) is 0 Å². The van der Waals surface area contributed by atoms with Crippen LogP contribution in [0.25, 0.3) is 0 Å². The van der Waals surface area contributed by atoms with Crippen molar-refractivity contribution in [3.63, 3.8) is 0 Å². The van der Waals surface area contributed by atoms with Crippen molar-refractivity contribution in [3.8, 4) is 0 Å². The molecule has 0 amide bonds. The second kappa shape index (κ2) is 10.1. The zero-order valence-electron chi connectivity index (χ0n) is 18.4. The zero-order valence-corrected chi connectivity index (χ0v) is 18.4. The molecule has 1 aromatic carbocycles. The maximum Gasteiger partial charge on any atom is 0.194 e. The monoisotopic (exact) mass is 416 g/mol. The number of aliphatic imine (C=N–C) groups is 1. The Labute approximate surface area is 180 Å². The van der Waals surface area contributed by atoms with E-state index < -0.39 is 0 Å². The number of hydrogen-bond acceptors (Lipinski definition) is 5. The summed E-state index contributed by atoms with van der Waals surface area (Å²) < 4.78 is 17.6. The van der Waals surface area contributed by atoms with Gasteiger partial charge in [0.2, 0.25) is 0 Å². The molecule has 1 N–H and O–H groups in total. The van der Waals surface area contributed by atoms with Gasteiger partial charge in [-0.05, 0) is 12.5 Å². The molecular formula is C23H36N4O3. The number of nitrogens with one attached hydrogen (secondary N) is 1. The van der Waals surface area contributed by atoms with Crippen molar-refractivity contribution < 1.29 is 14.2 Å². The number of ether oxygens (including phenoxy) is 3. The standard InChI is InChI=1S/C23H36N4O3/c1-3-24-22(25-18-23(28-2)9-12-29-13-10-23)27-16-20-21(17-27)30-14-11-26(20)15-19-7-5-4-6-8-19/h4-8,20-21H,3,9-18H2,1-2H3,(H,24,25). The summed E-state index contributed by atoms with van der Waals surface area (Å²) in [4.78, 5) is 9.94. The molecular weight excluding hydrogens is 380 g/mol. The van der Waals surface area contributed by atoms with E-state index in [-0.39, 0.29) is 11.7 Å². The van der Waals surface area contributed by atoms with E-state index in [9.17, 15) is 0 Å². The highest BCUT2D eigenvalue weighted by molar-refractivity contribution is 5.80. The van der Waals surface area contributed by atoms with E-state index in [1.54, 1.807) is 7.11 Å². The van der Waals surface area contributed by atoms with E-state index in [0.717, 1.165) is 71.3 Å². The van der Waals surface area contributed by atoms with E-state index >= 15 is 0 Å². The van der Waals surface area contributed by atoms with Gasteiger partial charge in [-0.3, -0.25) is 9.89 Å². The van der Waals surface area contributed by atoms with Gasteiger partial charge >= 0.3 is 0 Å². The summed E-state index contributed by atoms with van der Waals surface area (Å²) in [5.74, 6) is 0.970. The van der Waals surface area contributed by atoms with Gasteiger partial charge < -0.3 is 24.4 Å². The van der Waals surface area contributed by atoms with Crippen LogP contribution in [0.15, 0.2) is 35.3 Å². The number of methoxy groups -OCH3 is 1. The molecule has 166 valence electrons. The third-order valence-corrected chi connectivity index (χ3v) is 6.63. The Hall–Kier alpha value is -1.67.